The molecule has 0 amide bonds. The normalized spacial score (nSPS) is 22.9. The molecule has 15 heavy (non-hydrogen) atoms. The Balaban J connectivity index is 1.98. The van der Waals surface area contributed by atoms with Gasteiger partial charge in [-0.05, 0) is 44.0 Å². The van der Waals surface area contributed by atoms with Gasteiger partial charge in [0.15, 0.2) is 0 Å². The molecule has 1 aliphatic rings. The molecule has 1 unspecified atom stereocenters. The first-order valence-electron chi connectivity index (χ1n) is 5.74. The third-order valence-corrected chi connectivity index (χ3v) is 3.77. The van der Waals surface area contributed by atoms with E-state index in [9.17, 15) is 0 Å². The highest BCUT2D eigenvalue weighted by molar-refractivity contribution is 9.10. The SMILES string of the molecule is CC1CCCCN1Cc1ccc(Br)cc1. The number of hydrogen-bond acceptors (Lipinski definition) is 1. The van der Waals surface area contributed by atoms with E-state index < -0.39 is 0 Å². The zero-order chi connectivity index (χ0) is 10.7. The van der Waals surface area contributed by atoms with Crippen LogP contribution in [0.25, 0.3) is 0 Å². The van der Waals surface area contributed by atoms with Crippen LogP contribution in [0.2, 0.25) is 0 Å². The molecule has 0 bridgehead atoms. The van der Waals surface area contributed by atoms with Crippen molar-refractivity contribution < 1.29 is 0 Å². The Kier molecular flexibility index (Phi) is 3.81. The molecular formula is C13H18BrN. The van der Waals surface area contributed by atoms with Crippen molar-refractivity contribution >= 4 is 15.9 Å². The smallest absolute Gasteiger partial charge is 0.0236 e. The van der Waals surface area contributed by atoms with Crippen LogP contribution in [-0.4, -0.2) is 17.5 Å². The Bertz CT molecular complexity index is 307. The van der Waals surface area contributed by atoms with Crippen LogP contribution in [0.1, 0.15) is 31.7 Å². The average molecular weight is 268 g/mol. The van der Waals surface area contributed by atoms with E-state index in [0.717, 1.165) is 17.1 Å². The molecule has 0 aliphatic carbocycles. The molecule has 1 atom stereocenters. The summed E-state index contributed by atoms with van der Waals surface area (Å²) in [7, 11) is 0. The standard InChI is InChI=1S/C13H18BrN/c1-11-4-2-3-9-15(11)10-12-5-7-13(14)8-6-12/h5-8,11H,2-4,9-10H2,1H3. The van der Waals surface area contributed by atoms with E-state index in [-0.39, 0.29) is 0 Å². The van der Waals surface area contributed by atoms with Crippen molar-refractivity contribution in [2.24, 2.45) is 0 Å². The number of hydrogen-bond donors (Lipinski definition) is 0. The second kappa shape index (κ2) is 5.13. The second-order valence-electron chi connectivity index (χ2n) is 4.44. The molecule has 1 saturated heterocycles. The molecule has 1 fully saturated rings. The quantitative estimate of drug-likeness (QED) is 0.788. The molecule has 82 valence electrons. The lowest BCUT2D eigenvalue weighted by atomic mass is 10.0. The van der Waals surface area contributed by atoms with Crippen molar-refractivity contribution in [3.8, 4) is 0 Å². The van der Waals surface area contributed by atoms with E-state index in [1.54, 1.807) is 0 Å². The maximum Gasteiger partial charge on any atom is 0.0236 e. The number of likely N-dealkylation sites (tertiary alicyclic amines) is 1. The van der Waals surface area contributed by atoms with Gasteiger partial charge in [0.25, 0.3) is 0 Å². The van der Waals surface area contributed by atoms with Gasteiger partial charge in [-0.2, -0.15) is 0 Å². The molecule has 2 heteroatoms. The van der Waals surface area contributed by atoms with Gasteiger partial charge in [-0.1, -0.05) is 34.5 Å². The summed E-state index contributed by atoms with van der Waals surface area (Å²) in [4.78, 5) is 2.59. The minimum absolute atomic E-state index is 0.752. The van der Waals surface area contributed by atoms with Crippen LogP contribution in [0.15, 0.2) is 28.7 Å². The summed E-state index contributed by atoms with van der Waals surface area (Å²) in [6.45, 7) is 4.71. The summed E-state index contributed by atoms with van der Waals surface area (Å²) in [5.74, 6) is 0. The Morgan fingerprint density at radius 1 is 1.27 bits per heavy atom. The number of nitrogens with zero attached hydrogens (tertiary/aromatic N) is 1. The first-order valence-corrected chi connectivity index (χ1v) is 6.53. The summed E-state index contributed by atoms with van der Waals surface area (Å²) in [5.41, 5.74) is 1.42. The molecular weight excluding hydrogens is 250 g/mol. The molecule has 1 heterocycles. The predicted octanol–water partition coefficient (Wildman–Crippen LogP) is 3.82. The fraction of sp³-hybridized carbons (Fsp3) is 0.538. The molecule has 1 aromatic carbocycles. The number of rotatable bonds is 2. The van der Waals surface area contributed by atoms with Crippen LogP contribution >= 0.6 is 15.9 Å². The summed E-state index contributed by atoms with van der Waals surface area (Å²) >= 11 is 3.47. The molecule has 2 rings (SSSR count). The van der Waals surface area contributed by atoms with Gasteiger partial charge in [-0.25, -0.2) is 0 Å². The molecule has 0 spiro atoms. The van der Waals surface area contributed by atoms with E-state index in [1.165, 1.54) is 31.4 Å². The van der Waals surface area contributed by atoms with Crippen LogP contribution in [0, 0.1) is 0 Å². The molecule has 0 aromatic heterocycles. The largest absolute Gasteiger partial charge is 0.296 e. The fourth-order valence-electron chi connectivity index (χ4n) is 2.22. The first kappa shape index (κ1) is 11.2. The average Bonchev–Trinajstić information content (AvgIpc) is 2.25. The number of halogens is 1. The van der Waals surface area contributed by atoms with Gasteiger partial charge < -0.3 is 0 Å². The highest BCUT2D eigenvalue weighted by atomic mass is 79.9. The molecule has 0 saturated carbocycles. The Morgan fingerprint density at radius 3 is 2.67 bits per heavy atom. The lowest BCUT2D eigenvalue weighted by Crippen LogP contribution is -2.36. The lowest BCUT2D eigenvalue weighted by Gasteiger charge is -2.33. The Hall–Kier alpha value is -0.340. The Labute approximate surface area is 101 Å². The van der Waals surface area contributed by atoms with E-state index in [2.05, 4.69) is 52.0 Å². The maximum absolute atomic E-state index is 3.47. The maximum atomic E-state index is 3.47. The van der Waals surface area contributed by atoms with Gasteiger partial charge in [0.2, 0.25) is 0 Å². The van der Waals surface area contributed by atoms with Gasteiger partial charge in [0.05, 0.1) is 0 Å². The second-order valence-corrected chi connectivity index (χ2v) is 5.36. The topological polar surface area (TPSA) is 3.24 Å². The summed E-state index contributed by atoms with van der Waals surface area (Å²) in [6, 6.07) is 9.44. The van der Waals surface area contributed by atoms with Gasteiger partial charge in [0.1, 0.15) is 0 Å². The van der Waals surface area contributed by atoms with E-state index >= 15 is 0 Å². The summed E-state index contributed by atoms with van der Waals surface area (Å²) in [6.07, 6.45) is 4.12. The van der Waals surface area contributed by atoms with E-state index in [4.69, 9.17) is 0 Å². The van der Waals surface area contributed by atoms with Crippen LogP contribution in [0.5, 0.6) is 0 Å². The van der Waals surface area contributed by atoms with Crippen LogP contribution in [-0.2, 0) is 6.54 Å². The molecule has 1 aliphatic heterocycles. The molecule has 1 aromatic rings. The van der Waals surface area contributed by atoms with E-state index in [1.807, 2.05) is 0 Å². The van der Waals surface area contributed by atoms with Crippen LogP contribution < -0.4 is 0 Å². The van der Waals surface area contributed by atoms with Gasteiger partial charge in [-0.15, -0.1) is 0 Å². The summed E-state index contributed by atoms with van der Waals surface area (Å²) < 4.78 is 1.16. The summed E-state index contributed by atoms with van der Waals surface area (Å²) in [5, 5.41) is 0. The zero-order valence-corrected chi connectivity index (χ0v) is 10.8. The molecule has 0 N–H and O–H groups in total. The third-order valence-electron chi connectivity index (χ3n) is 3.24. The Morgan fingerprint density at radius 2 is 2.00 bits per heavy atom. The lowest BCUT2D eigenvalue weighted by molar-refractivity contribution is 0.152. The third kappa shape index (κ3) is 3.05. The highest BCUT2D eigenvalue weighted by Gasteiger charge is 2.17. The predicted molar refractivity (Wildman–Crippen MR) is 67.9 cm³/mol. The number of piperidine rings is 1. The van der Waals surface area contributed by atoms with Crippen LogP contribution in [0.3, 0.4) is 0 Å². The minimum atomic E-state index is 0.752. The van der Waals surface area contributed by atoms with Crippen molar-refractivity contribution in [2.75, 3.05) is 6.54 Å². The minimum Gasteiger partial charge on any atom is -0.296 e. The van der Waals surface area contributed by atoms with Gasteiger partial charge in [0, 0.05) is 17.1 Å². The molecule has 0 radical (unpaired) electrons. The van der Waals surface area contributed by atoms with Crippen molar-refractivity contribution in [3.05, 3.63) is 34.3 Å². The van der Waals surface area contributed by atoms with Crippen LogP contribution in [0.4, 0.5) is 0 Å². The van der Waals surface area contributed by atoms with Crippen molar-refractivity contribution in [3.63, 3.8) is 0 Å². The van der Waals surface area contributed by atoms with Gasteiger partial charge >= 0.3 is 0 Å². The zero-order valence-electron chi connectivity index (χ0n) is 9.25. The van der Waals surface area contributed by atoms with Crippen molar-refractivity contribution in [1.29, 1.82) is 0 Å². The van der Waals surface area contributed by atoms with Crippen molar-refractivity contribution in [2.45, 2.75) is 38.8 Å². The van der Waals surface area contributed by atoms with Gasteiger partial charge in [-0.3, -0.25) is 4.90 Å². The number of benzene rings is 1. The van der Waals surface area contributed by atoms with Crippen molar-refractivity contribution in [1.82, 2.24) is 4.90 Å². The molecule has 1 nitrogen and oxygen atoms in total. The monoisotopic (exact) mass is 267 g/mol. The van der Waals surface area contributed by atoms with E-state index in [0.29, 0.717) is 0 Å². The fourth-order valence-corrected chi connectivity index (χ4v) is 2.48. The highest BCUT2D eigenvalue weighted by Crippen LogP contribution is 2.19. The first-order chi connectivity index (χ1) is 7.25.